The van der Waals surface area contributed by atoms with Crippen molar-refractivity contribution in [1.82, 2.24) is 4.90 Å². The van der Waals surface area contributed by atoms with Crippen LogP contribution in [0.3, 0.4) is 0 Å². The topological polar surface area (TPSA) is 72.4 Å². The molecule has 20 heavy (non-hydrogen) atoms. The number of rotatable bonds is 5. The Morgan fingerprint density at radius 1 is 1.35 bits per heavy atom. The Morgan fingerprint density at radius 2 is 2.05 bits per heavy atom. The Kier molecular flexibility index (Phi) is 4.95. The molecule has 0 atom stereocenters. The molecule has 5 heteroatoms. The summed E-state index contributed by atoms with van der Waals surface area (Å²) in [4.78, 5) is 13.0. The van der Waals surface area contributed by atoms with Crippen LogP contribution in [0, 0.1) is 10.1 Å². The molecule has 0 bridgehead atoms. The van der Waals surface area contributed by atoms with Crippen LogP contribution < -0.4 is 5.73 Å². The predicted octanol–water partition coefficient (Wildman–Crippen LogP) is 3.33. The average Bonchev–Trinajstić information content (AvgIpc) is 2.47. The number of hydrogen-bond acceptors (Lipinski definition) is 4. The van der Waals surface area contributed by atoms with Gasteiger partial charge in [-0.1, -0.05) is 32.3 Å². The van der Waals surface area contributed by atoms with Crippen LogP contribution in [0.5, 0.6) is 0 Å². The lowest BCUT2D eigenvalue weighted by Gasteiger charge is -2.33. The molecule has 2 rings (SSSR count). The summed E-state index contributed by atoms with van der Waals surface area (Å²) in [5, 5.41) is 10.9. The molecule has 0 spiro atoms. The number of hydrogen-bond donors (Lipinski definition) is 1. The maximum Gasteiger partial charge on any atom is 0.292 e. The van der Waals surface area contributed by atoms with E-state index in [1.54, 1.807) is 12.1 Å². The first-order valence-corrected chi connectivity index (χ1v) is 7.38. The summed E-state index contributed by atoms with van der Waals surface area (Å²) in [6, 6.07) is 5.77. The Bertz CT molecular complexity index is 470. The van der Waals surface area contributed by atoms with Crippen LogP contribution in [0.25, 0.3) is 0 Å². The lowest BCUT2D eigenvalue weighted by atomic mass is 9.94. The molecule has 0 amide bonds. The van der Waals surface area contributed by atoms with E-state index in [0.717, 1.165) is 18.7 Å². The highest BCUT2D eigenvalue weighted by atomic mass is 16.6. The monoisotopic (exact) mass is 277 g/mol. The van der Waals surface area contributed by atoms with E-state index in [0.29, 0.717) is 6.04 Å². The molecule has 1 aliphatic carbocycles. The summed E-state index contributed by atoms with van der Waals surface area (Å²) in [6.07, 6.45) is 6.41. The van der Waals surface area contributed by atoms with Gasteiger partial charge in [0.2, 0.25) is 0 Å². The smallest absolute Gasteiger partial charge is 0.292 e. The molecule has 0 aliphatic heterocycles. The van der Waals surface area contributed by atoms with Crippen LogP contribution in [0.15, 0.2) is 18.2 Å². The second kappa shape index (κ2) is 6.70. The Hall–Kier alpha value is -1.62. The van der Waals surface area contributed by atoms with Crippen molar-refractivity contribution in [3.8, 4) is 0 Å². The SMILES string of the molecule is CCN(Cc1ccc(N)c([N+](=O)[O-])c1)C1CCCCC1. The average molecular weight is 277 g/mol. The van der Waals surface area contributed by atoms with Gasteiger partial charge in [-0.3, -0.25) is 15.0 Å². The Morgan fingerprint density at radius 3 is 2.65 bits per heavy atom. The molecule has 1 fully saturated rings. The lowest BCUT2D eigenvalue weighted by molar-refractivity contribution is -0.384. The van der Waals surface area contributed by atoms with E-state index in [9.17, 15) is 10.1 Å². The van der Waals surface area contributed by atoms with Gasteiger partial charge in [0.05, 0.1) is 4.92 Å². The number of nitro groups is 1. The van der Waals surface area contributed by atoms with Crippen molar-refractivity contribution in [2.45, 2.75) is 51.6 Å². The van der Waals surface area contributed by atoms with Gasteiger partial charge in [0.25, 0.3) is 5.69 Å². The maximum absolute atomic E-state index is 10.9. The highest BCUT2D eigenvalue weighted by molar-refractivity contribution is 5.59. The molecule has 110 valence electrons. The van der Waals surface area contributed by atoms with Gasteiger partial charge in [0.15, 0.2) is 0 Å². The van der Waals surface area contributed by atoms with E-state index >= 15 is 0 Å². The van der Waals surface area contributed by atoms with Crippen LogP contribution in [-0.4, -0.2) is 22.4 Å². The molecular weight excluding hydrogens is 254 g/mol. The molecular formula is C15H23N3O2. The summed E-state index contributed by atoms with van der Waals surface area (Å²) < 4.78 is 0. The number of nitrogens with two attached hydrogens (primary N) is 1. The molecule has 0 radical (unpaired) electrons. The fourth-order valence-corrected chi connectivity index (χ4v) is 3.03. The molecule has 0 aromatic heterocycles. The zero-order valence-electron chi connectivity index (χ0n) is 12.0. The molecule has 2 N–H and O–H groups in total. The molecule has 0 unspecified atom stereocenters. The van der Waals surface area contributed by atoms with E-state index in [1.807, 2.05) is 6.07 Å². The molecule has 1 aromatic rings. The van der Waals surface area contributed by atoms with Crippen molar-refractivity contribution in [3.05, 3.63) is 33.9 Å². The largest absolute Gasteiger partial charge is 0.393 e. The Balaban J connectivity index is 2.10. The van der Waals surface area contributed by atoms with Gasteiger partial charge < -0.3 is 5.73 Å². The highest BCUT2D eigenvalue weighted by Crippen LogP contribution is 2.26. The second-order valence-corrected chi connectivity index (χ2v) is 5.51. The number of nitrogen functional groups attached to an aromatic ring is 1. The van der Waals surface area contributed by atoms with Crippen molar-refractivity contribution in [1.29, 1.82) is 0 Å². The van der Waals surface area contributed by atoms with Gasteiger partial charge in [-0.05, 0) is 31.0 Å². The van der Waals surface area contributed by atoms with Crippen LogP contribution in [0.2, 0.25) is 0 Å². The van der Waals surface area contributed by atoms with Crippen LogP contribution in [0.1, 0.15) is 44.6 Å². The molecule has 5 nitrogen and oxygen atoms in total. The van der Waals surface area contributed by atoms with Gasteiger partial charge in [-0.25, -0.2) is 0 Å². The first kappa shape index (κ1) is 14.8. The third kappa shape index (κ3) is 3.48. The number of nitrogens with zero attached hydrogens (tertiary/aromatic N) is 2. The second-order valence-electron chi connectivity index (χ2n) is 5.51. The minimum Gasteiger partial charge on any atom is -0.393 e. The standard InChI is InChI=1S/C15H23N3O2/c1-2-17(13-6-4-3-5-7-13)11-12-8-9-14(16)15(10-12)18(19)20/h8-10,13H,2-7,11,16H2,1H3. The van der Waals surface area contributed by atoms with Crippen molar-refractivity contribution >= 4 is 11.4 Å². The number of anilines is 1. The lowest BCUT2D eigenvalue weighted by Crippen LogP contribution is -2.36. The highest BCUT2D eigenvalue weighted by Gasteiger charge is 2.21. The van der Waals surface area contributed by atoms with Crippen molar-refractivity contribution in [3.63, 3.8) is 0 Å². The number of benzene rings is 1. The van der Waals surface area contributed by atoms with Gasteiger partial charge in [0, 0.05) is 18.7 Å². The molecule has 0 heterocycles. The number of nitro benzene ring substituents is 1. The van der Waals surface area contributed by atoms with E-state index in [4.69, 9.17) is 5.73 Å². The third-order valence-electron chi connectivity index (χ3n) is 4.17. The van der Waals surface area contributed by atoms with Gasteiger partial charge in [-0.15, -0.1) is 0 Å². The van der Waals surface area contributed by atoms with Gasteiger partial charge in [0.1, 0.15) is 5.69 Å². The zero-order chi connectivity index (χ0) is 14.5. The van der Waals surface area contributed by atoms with E-state index in [-0.39, 0.29) is 11.4 Å². The summed E-state index contributed by atoms with van der Waals surface area (Å²) in [6.45, 7) is 3.89. The Labute approximate surface area is 119 Å². The minimum absolute atomic E-state index is 0.0159. The third-order valence-corrected chi connectivity index (χ3v) is 4.17. The maximum atomic E-state index is 10.9. The van der Waals surface area contributed by atoms with E-state index in [2.05, 4.69) is 11.8 Å². The van der Waals surface area contributed by atoms with Crippen molar-refractivity contribution in [2.75, 3.05) is 12.3 Å². The van der Waals surface area contributed by atoms with E-state index < -0.39 is 4.92 Å². The summed E-state index contributed by atoms with van der Waals surface area (Å²) >= 11 is 0. The minimum atomic E-state index is -0.407. The van der Waals surface area contributed by atoms with Crippen molar-refractivity contribution in [2.24, 2.45) is 0 Å². The molecule has 1 saturated carbocycles. The summed E-state index contributed by atoms with van der Waals surface area (Å²) in [5.74, 6) is 0. The summed E-state index contributed by atoms with van der Waals surface area (Å²) in [7, 11) is 0. The van der Waals surface area contributed by atoms with Gasteiger partial charge >= 0.3 is 0 Å². The van der Waals surface area contributed by atoms with Crippen LogP contribution >= 0.6 is 0 Å². The quantitative estimate of drug-likeness (QED) is 0.509. The normalized spacial score (nSPS) is 16.5. The molecule has 0 saturated heterocycles. The fraction of sp³-hybridized carbons (Fsp3) is 0.600. The van der Waals surface area contributed by atoms with E-state index in [1.165, 1.54) is 32.1 Å². The summed E-state index contributed by atoms with van der Waals surface area (Å²) in [5.41, 5.74) is 6.86. The van der Waals surface area contributed by atoms with Gasteiger partial charge in [-0.2, -0.15) is 0 Å². The van der Waals surface area contributed by atoms with Crippen LogP contribution in [0.4, 0.5) is 11.4 Å². The first-order chi connectivity index (χ1) is 9.61. The fourth-order valence-electron chi connectivity index (χ4n) is 3.03. The van der Waals surface area contributed by atoms with Crippen LogP contribution in [-0.2, 0) is 6.54 Å². The first-order valence-electron chi connectivity index (χ1n) is 7.38. The zero-order valence-corrected chi connectivity index (χ0v) is 12.0. The van der Waals surface area contributed by atoms with Crippen molar-refractivity contribution < 1.29 is 4.92 Å². The molecule has 1 aromatic carbocycles. The predicted molar refractivity (Wildman–Crippen MR) is 80.5 cm³/mol. The molecule has 1 aliphatic rings.